The first-order valence-electron chi connectivity index (χ1n) is 13.1. The molecule has 8 nitrogen and oxygen atoms in total. The molecule has 0 amide bonds. The quantitative estimate of drug-likeness (QED) is 0.199. The van der Waals surface area contributed by atoms with Gasteiger partial charge in [0.15, 0.2) is 11.0 Å². The number of nitrogens with one attached hydrogen (secondary N) is 1. The molecule has 11 heteroatoms. The van der Waals surface area contributed by atoms with Gasteiger partial charge in [-0.05, 0) is 76.3 Å². The van der Waals surface area contributed by atoms with Crippen LogP contribution in [0, 0.1) is 41.5 Å². The van der Waals surface area contributed by atoms with Crippen LogP contribution in [0.1, 0.15) is 57.6 Å². The molecule has 0 saturated heterocycles. The minimum Gasteiger partial charge on any atom is -0.359 e. The first-order chi connectivity index (χ1) is 18.9. The zero-order chi connectivity index (χ0) is 28.9. The molecule has 0 unspecified atom stereocenters. The van der Waals surface area contributed by atoms with Crippen LogP contribution in [0.15, 0.2) is 33.0 Å². The maximum Gasteiger partial charge on any atom is 0.273 e. The first kappa shape index (κ1) is 28.3. The fourth-order valence-corrected chi connectivity index (χ4v) is 8.16. The summed E-state index contributed by atoms with van der Waals surface area (Å²) in [5, 5.41) is 9.89. The van der Waals surface area contributed by atoms with Gasteiger partial charge in [0.2, 0.25) is 0 Å². The van der Waals surface area contributed by atoms with E-state index in [2.05, 4.69) is 28.0 Å². The summed E-state index contributed by atoms with van der Waals surface area (Å²) in [6, 6.07) is 8.12. The zero-order valence-corrected chi connectivity index (χ0v) is 26.0. The van der Waals surface area contributed by atoms with Gasteiger partial charge in [-0.1, -0.05) is 48.3 Å². The predicted molar refractivity (Wildman–Crippen MR) is 161 cm³/mol. The Morgan fingerprint density at radius 1 is 1.07 bits per heavy atom. The summed E-state index contributed by atoms with van der Waals surface area (Å²) < 4.78 is 37.1. The van der Waals surface area contributed by atoms with Crippen molar-refractivity contribution < 1.29 is 12.9 Å². The SMILES string of the molecule is CCCc1nc(C)cc2c1c(Cl)nn2Cc1ccc(-c2c(S(=O)(=O)Nc3noc(C)c3C)sc(C)c2C)c(C)c1. The van der Waals surface area contributed by atoms with Crippen LogP contribution in [0.5, 0.6) is 0 Å². The van der Waals surface area contributed by atoms with Gasteiger partial charge < -0.3 is 4.52 Å². The van der Waals surface area contributed by atoms with Crippen LogP contribution in [0.2, 0.25) is 5.15 Å². The molecule has 0 aliphatic rings. The number of fused-ring (bicyclic) bond motifs is 1. The Bertz CT molecular complexity index is 1870. The molecule has 5 rings (SSSR count). The van der Waals surface area contributed by atoms with Crippen LogP contribution < -0.4 is 4.72 Å². The molecule has 0 bridgehead atoms. The summed E-state index contributed by atoms with van der Waals surface area (Å²) in [6.07, 6.45) is 1.81. The van der Waals surface area contributed by atoms with E-state index in [0.29, 0.717) is 28.6 Å². The number of pyridine rings is 1. The smallest absolute Gasteiger partial charge is 0.273 e. The average Bonchev–Trinajstić information content (AvgIpc) is 3.48. The van der Waals surface area contributed by atoms with Crippen molar-refractivity contribution in [2.24, 2.45) is 0 Å². The molecule has 0 fully saturated rings. The fraction of sp³-hybridized carbons (Fsp3) is 0.345. The normalized spacial score (nSPS) is 12.0. The molecule has 5 aromatic rings. The summed E-state index contributed by atoms with van der Waals surface area (Å²) in [7, 11) is -3.90. The summed E-state index contributed by atoms with van der Waals surface area (Å²) in [4.78, 5) is 5.64. The molecule has 0 radical (unpaired) electrons. The van der Waals surface area contributed by atoms with Gasteiger partial charge in [-0.25, -0.2) is 8.42 Å². The lowest BCUT2D eigenvalue weighted by Crippen LogP contribution is -2.13. The number of halogens is 1. The minimum absolute atomic E-state index is 0.205. The predicted octanol–water partition coefficient (Wildman–Crippen LogP) is 7.45. The molecule has 40 heavy (non-hydrogen) atoms. The topological polar surface area (TPSA) is 103 Å². The van der Waals surface area contributed by atoms with Gasteiger partial charge >= 0.3 is 0 Å². The third-order valence-corrected chi connectivity index (χ3v) is 10.6. The molecular formula is C29H32ClN5O3S2. The van der Waals surface area contributed by atoms with E-state index in [1.165, 1.54) is 11.3 Å². The van der Waals surface area contributed by atoms with E-state index in [4.69, 9.17) is 21.1 Å². The average molecular weight is 598 g/mol. The third-order valence-electron chi connectivity index (χ3n) is 7.26. The largest absolute Gasteiger partial charge is 0.359 e. The van der Waals surface area contributed by atoms with E-state index in [1.54, 1.807) is 13.8 Å². The molecule has 1 aromatic carbocycles. The molecule has 0 aliphatic carbocycles. The standard InChI is InChI=1S/C29H32ClN5O3S2/c1-8-9-23-26-24(13-16(3)31-23)35(32-27(26)30)14-21-10-11-22(15(2)12-21)25-18(5)20(7)39-29(25)40(36,37)34-28-17(4)19(6)38-33-28/h10-13H,8-9,14H2,1-7H3,(H,33,34). The lowest BCUT2D eigenvalue weighted by Gasteiger charge is -2.13. The highest BCUT2D eigenvalue weighted by Crippen LogP contribution is 2.41. The van der Waals surface area contributed by atoms with Crippen molar-refractivity contribution in [1.29, 1.82) is 0 Å². The highest BCUT2D eigenvalue weighted by molar-refractivity contribution is 7.94. The van der Waals surface area contributed by atoms with Gasteiger partial charge in [-0.2, -0.15) is 5.10 Å². The number of nitrogens with zero attached hydrogens (tertiary/aromatic N) is 4. The minimum atomic E-state index is -3.90. The van der Waals surface area contributed by atoms with Gasteiger partial charge in [0.1, 0.15) is 9.97 Å². The number of aryl methyl sites for hydroxylation is 5. The van der Waals surface area contributed by atoms with Crippen molar-refractivity contribution in [1.82, 2.24) is 19.9 Å². The molecule has 4 aromatic heterocycles. The highest BCUT2D eigenvalue weighted by atomic mass is 35.5. The van der Waals surface area contributed by atoms with E-state index in [9.17, 15) is 8.42 Å². The van der Waals surface area contributed by atoms with Crippen molar-refractivity contribution in [3.05, 3.63) is 73.7 Å². The molecule has 0 spiro atoms. The van der Waals surface area contributed by atoms with Gasteiger partial charge in [-0.3, -0.25) is 14.4 Å². The van der Waals surface area contributed by atoms with Crippen LogP contribution >= 0.6 is 22.9 Å². The van der Waals surface area contributed by atoms with Crippen LogP contribution in [0.4, 0.5) is 5.82 Å². The van der Waals surface area contributed by atoms with Crippen LogP contribution in [0.25, 0.3) is 22.0 Å². The first-order valence-corrected chi connectivity index (χ1v) is 15.8. The molecule has 4 heterocycles. The third kappa shape index (κ3) is 5.04. The summed E-state index contributed by atoms with van der Waals surface area (Å²) in [5.41, 5.74) is 8.04. The van der Waals surface area contributed by atoms with Crippen molar-refractivity contribution in [2.75, 3.05) is 4.72 Å². The van der Waals surface area contributed by atoms with Crippen molar-refractivity contribution in [2.45, 2.75) is 72.1 Å². The number of benzene rings is 1. The van der Waals surface area contributed by atoms with E-state index in [0.717, 1.165) is 62.3 Å². The summed E-state index contributed by atoms with van der Waals surface area (Å²) >= 11 is 7.84. The van der Waals surface area contributed by atoms with E-state index in [1.807, 2.05) is 50.6 Å². The van der Waals surface area contributed by atoms with Gasteiger partial charge in [0.05, 0.1) is 23.1 Å². The van der Waals surface area contributed by atoms with Crippen LogP contribution in [-0.2, 0) is 23.0 Å². The van der Waals surface area contributed by atoms with Crippen molar-refractivity contribution in [3.8, 4) is 11.1 Å². The number of thiophene rings is 1. The second-order valence-corrected chi connectivity index (χ2v) is 13.7. The van der Waals surface area contributed by atoms with Crippen LogP contribution in [0.3, 0.4) is 0 Å². The second kappa shape index (κ2) is 10.6. The molecule has 0 saturated carbocycles. The lowest BCUT2D eigenvalue weighted by molar-refractivity contribution is 0.399. The molecule has 1 N–H and O–H groups in total. The summed E-state index contributed by atoms with van der Waals surface area (Å²) in [5.74, 6) is 0.777. The number of hydrogen-bond acceptors (Lipinski definition) is 7. The monoisotopic (exact) mass is 597 g/mol. The van der Waals surface area contributed by atoms with Crippen molar-refractivity contribution in [3.63, 3.8) is 0 Å². The number of sulfonamides is 1. The number of hydrogen-bond donors (Lipinski definition) is 1. The maximum absolute atomic E-state index is 13.6. The second-order valence-electron chi connectivity index (χ2n) is 10.2. The van der Waals surface area contributed by atoms with E-state index < -0.39 is 10.0 Å². The van der Waals surface area contributed by atoms with E-state index in [-0.39, 0.29) is 10.0 Å². The lowest BCUT2D eigenvalue weighted by atomic mass is 9.97. The number of anilines is 1. The van der Waals surface area contributed by atoms with Crippen molar-refractivity contribution >= 4 is 49.7 Å². The zero-order valence-electron chi connectivity index (χ0n) is 23.6. The molecule has 210 valence electrons. The summed E-state index contributed by atoms with van der Waals surface area (Å²) in [6.45, 7) is 14.1. The maximum atomic E-state index is 13.6. The van der Waals surface area contributed by atoms with Crippen LogP contribution in [-0.4, -0.2) is 28.3 Å². The Morgan fingerprint density at radius 3 is 2.48 bits per heavy atom. The number of rotatable bonds is 8. The van der Waals surface area contributed by atoms with E-state index >= 15 is 0 Å². The van der Waals surface area contributed by atoms with Gasteiger partial charge in [0.25, 0.3) is 10.0 Å². The van der Waals surface area contributed by atoms with Gasteiger partial charge in [0, 0.05) is 21.7 Å². The molecule has 0 aliphatic heterocycles. The number of aromatic nitrogens is 4. The molecule has 0 atom stereocenters. The Balaban J connectivity index is 1.52. The Hall–Kier alpha value is -3.21. The Labute approximate surface area is 243 Å². The highest BCUT2D eigenvalue weighted by Gasteiger charge is 2.28. The Kier molecular flexibility index (Phi) is 7.54. The Morgan fingerprint density at radius 2 is 1.82 bits per heavy atom. The molecular weight excluding hydrogens is 566 g/mol. The van der Waals surface area contributed by atoms with Gasteiger partial charge in [-0.15, -0.1) is 11.3 Å². The fourth-order valence-electron chi connectivity index (χ4n) is 4.96.